The molecular weight excluding hydrogens is 226 g/mol. The fourth-order valence-electron chi connectivity index (χ4n) is 1.35. The van der Waals surface area contributed by atoms with E-state index in [2.05, 4.69) is 0 Å². The molecule has 6 nitrogen and oxygen atoms in total. The standard InChI is InChI=1S/C11H17NO5/c1-7(2)5-4-6-11(9(14)15,10(16)17)12-8(3)13/h5H,4,6H2,1-3H3,(H,12,13)(H,14,15)(H,16,17). The maximum Gasteiger partial charge on any atom is 0.341 e. The van der Waals surface area contributed by atoms with Gasteiger partial charge in [0.1, 0.15) is 0 Å². The van der Waals surface area contributed by atoms with E-state index in [1.807, 2.05) is 19.2 Å². The molecule has 0 fully saturated rings. The predicted molar refractivity (Wildman–Crippen MR) is 60.5 cm³/mol. The zero-order chi connectivity index (χ0) is 13.6. The molecule has 0 saturated carbocycles. The Morgan fingerprint density at radius 3 is 1.88 bits per heavy atom. The van der Waals surface area contributed by atoms with Crippen molar-refractivity contribution in [1.82, 2.24) is 5.32 Å². The number of aliphatic carboxylic acids is 2. The number of allylic oxidation sites excluding steroid dienone is 2. The molecule has 0 bridgehead atoms. The van der Waals surface area contributed by atoms with E-state index < -0.39 is 23.4 Å². The molecular formula is C11H17NO5. The monoisotopic (exact) mass is 243 g/mol. The third kappa shape index (κ3) is 4.26. The summed E-state index contributed by atoms with van der Waals surface area (Å²) >= 11 is 0. The van der Waals surface area contributed by atoms with Crippen LogP contribution in [-0.4, -0.2) is 33.6 Å². The Morgan fingerprint density at radius 2 is 1.59 bits per heavy atom. The summed E-state index contributed by atoms with van der Waals surface area (Å²) in [5, 5.41) is 20.0. The highest BCUT2D eigenvalue weighted by atomic mass is 16.4. The van der Waals surface area contributed by atoms with E-state index >= 15 is 0 Å². The Bertz CT molecular complexity index is 341. The summed E-state index contributed by atoms with van der Waals surface area (Å²) in [6.07, 6.45) is 1.80. The van der Waals surface area contributed by atoms with Gasteiger partial charge in [-0.25, -0.2) is 9.59 Å². The van der Waals surface area contributed by atoms with E-state index in [-0.39, 0.29) is 12.8 Å². The second-order valence-corrected chi connectivity index (χ2v) is 4.02. The van der Waals surface area contributed by atoms with E-state index in [0.717, 1.165) is 12.5 Å². The average molecular weight is 243 g/mol. The van der Waals surface area contributed by atoms with E-state index in [0.29, 0.717) is 0 Å². The molecule has 3 N–H and O–H groups in total. The van der Waals surface area contributed by atoms with Crippen molar-refractivity contribution in [3.05, 3.63) is 11.6 Å². The minimum atomic E-state index is -2.25. The van der Waals surface area contributed by atoms with Crippen molar-refractivity contribution >= 4 is 17.8 Å². The molecule has 0 radical (unpaired) electrons. The van der Waals surface area contributed by atoms with Gasteiger partial charge in [0.2, 0.25) is 11.4 Å². The first-order chi connectivity index (χ1) is 7.72. The maximum atomic E-state index is 11.1. The molecule has 0 aromatic rings. The topological polar surface area (TPSA) is 104 Å². The van der Waals surface area contributed by atoms with Crippen LogP contribution >= 0.6 is 0 Å². The quantitative estimate of drug-likeness (QED) is 0.472. The number of amides is 1. The molecule has 0 aliphatic heterocycles. The van der Waals surface area contributed by atoms with Crippen LogP contribution in [0.4, 0.5) is 0 Å². The number of carbonyl (C=O) groups excluding carboxylic acids is 1. The summed E-state index contributed by atoms with van der Waals surface area (Å²) in [5.41, 5.74) is -1.30. The van der Waals surface area contributed by atoms with Gasteiger partial charge in [0.05, 0.1) is 0 Å². The van der Waals surface area contributed by atoms with Gasteiger partial charge in [-0.15, -0.1) is 0 Å². The Kier molecular flexibility index (Phi) is 5.37. The Labute approximate surface area is 99.3 Å². The van der Waals surface area contributed by atoms with Gasteiger partial charge in [0.25, 0.3) is 0 Å². The molecule has 96 valence electrons. The zero-order valence-corrected chi connectivity index (χ0v) is 10.1. The number of carbonyl (C=O) groups is 3. The first-order valence-corrected chi connectivity index (χ1v) is 5.11. The van der Waals surface area contributed by atoms with Crippen molar-refractivity contribution in [2.45, 2.75) is 39.2 Å². The molecule has 6 heteroatoms. The molecule has 0 aromatic heterocycles. The zero-order valence-electron chi connectivity index (χ0n) is 10.1. The fraction of sp³-hybridized carbons (Fsp3) is 0.545. The Hall–Kier alpha value is -1.85. The highest BCUT2D eigenvalue weighted by Gasteiger charge is 2.46. The van der Waals surface area contributed by atoms with Crippen molar-refractivity contribution in [3.63, 3.8) is 0 Å². The number of rotatable bonds is 6. The van der Waals surface area contributed by atoms with Crippen LogP contribution in [0.15, 0.2) is 11.6 Å². The first kappa shape index (κ1) is 15.2. The molecule has 0 rings (SSSR count). The molecule has 0 saturated heterocycles. The van der Waals surface area contributed by atoms with Crippen LogP contribution in [0, 0.1) is 0 Å². The number of hydrogen-bond donors (Lipinski definition) is 3. The lowest BCUT2D eigenvalue weighted by molar-refractivity contribution is -0.161. The summed E-state index contributed by atoms with van der Waals surface area (Å²) in [6.45, 7) is 4.73. The van der Waals surface area contributed by atoms with Gasteiger partial charge in [-0.05, 0) is 26.7 Å². The van der Waals surface area contributed by atoms with E-state index in [4.69, 9.17) is 10.2 Å². The van der Waals surface area contributed by atoms with Crippen molar-refractivity contribution in [3.8, 4) is 0 Å². The molecule has 0 spiro atoms. The van der Waals surface area contributed by atoms with Crippen LogP contribution < -0.4 is 5.32 Å². The predicted octanol–water partition coefficient (Wildman–Crippen LogP) is 0.777. The maximum absolute atomic E-state index is 11.1. The van der Waals surface area contributed by atoms with Gasteiger partial charge in [-0.3, -0.25) is 4.79 Å². The van der Waals surface area contributed by atoms with Gasteiger partial charge in [0, 0.05) is 6.92 Å². The average Bonchev–Trinajstić information content (AvgIpc) is 2.13. The lowest BCUT2D eigenvalue weighted by Crippen LogP contribution is -2.59. The van der Waals surface area contributed by atoms with Crippen LogP contribution in [0.5, 0.6) is 0 Å². The number of nitrogens with one attached hydrogen (secondary N) is 1. The van der Waals surface area contributed by atoms with Crippen LogP contribution in [0.1, 0.15) is 33.6 Å². The fourth-order valence-corrected chi connectivity index (χ4v) is 1.35. The van der Waals surface area contributed by atoms with Crippen LogP contribution in [-0.2, 0) is 14.4 Å². The molecule has 0 unspecified atom stereocenters. The minimum absolute atomic E-state index is 0.192. The normalized spacial score (nSPS) is 10.5. The van der Waals surface area contributed by atoms with Crippen LogP contribution in [0.25, 0.3) is 0 Å². The summed E-state index contributed by atoms with van der Waals surface area (Å²) in [7, 11) is 0. The highest BCUT2D eigenvalue weighted by molar-refractivity contribution is 6.06. The molecule has 0 aliphatic rings. The second-order valence-electron chi connectivity index (χ2n) is 4.02. The lowest BCUT2D eigenvalue weighted by atomic mass is 9.93. The van der Waals surface area contributed by atoms with Gasteiger partial charge in [0.15, 0.2) is 0 Å². The van der Waals surface area contributed by atoms with Gasteiger partial charge >= 0.3 is 11.9 Å². The summed E-state index contributed by atoms with van der Waals surface area (Å²) in [4.78, 5) is 33.0. The van der Waals surface area contributed by atoms with E-state index in [9.17, 15) is 14.4 Å². The first-order valence-electron chi connectivity index (χ1n) is 5.11. The SMILES string of the molecule is CC(=O)NC(CCC=C(C)C)(C(=O)O)C(=O)O. The molecule has 17 heavy (non-hydrogen) atoms. The minimum Gasteiger partial charge on any atom is -0.479 e. The van der Waals surface area contributed by atoms with Crippen molar-refractivity contribution in [2.24, 2.45) is 0 Å². The van der Waals surface area contributed by atoms with Crippen molar-refractivity contribution in [2.75, 3.05) is 0 Å². The third-order valence-electron chi connectivity index (χ3n) is 2.19. The largest absolute Gasteiger partial charge is 0.479 e. The van der Waals surface area contributed by atoms with E-state index in [1.165, 1.54) is 0 Å². The van der Waals surface area contributed by atoms with Gasteiger partial charge in [-0.2, -0.15) is 0 Å². The Morgan fingerprint density at radius 1 is 1.12 bits per heavy atom. The summed E-state index contributed by atoms with van der Waals surface area (Å²) in [6, 6.07) is 0. The van der Waals surface area contributed by atoms with Crippen molar-refractivity contribution < 1.29 is 24.6 Å². The summed E-state index contributed by atoms with van der Waals surface area (Å²) < 4.78 is 0. The smallest absolute Gasteiger partial charge is 0.341 e. The number of carboxylic acids is 2. The van der Waals surface area contributed by atoms with Gasteiger partial charge < -0.3 is 15.5 Å². The van der Waals surface area contributed by atoms with Gasteiger partial charge in [-0.1, -0.05) is 11.6 Å². The molecule has 0 aromatic carbocycles. The Balaban J connectivity index is 5.05. The van der Waals surface area contributed by atoms with E-state index in [1.54, 1.807) is 6.08 Å². The molecule has 0 heterocycles. The van der Waals surface area contributed by atoms with Crippen LogP contribution in [0.3, 0.4) is 0 Å². The van der Waals surface area contributed by atoms with Crippen LogP contribution in [0.2, 0.25) is 0 Å². The molecule has 0 atom stereocenters. The lowest BCUT2D eigenvalue weighted by Gasteiger charge is -2.24. The third-order valence-corrected chi connectivity index (χ3v) is 2.19. The number of carboxylic acid groups (broad SMARTS) is 2. The second kappa shape index (κ2) is 6.03. The molecule has 1 amide bonds. The highest BCUT2D eigenvalue weighted by Crippen LogP contribution is 2.16. The number of hydrogen-bond acceptors (Lipinski definition) is 3. The summed E-state index contributed by atoms with van der Waals surface area (Å²) in [5.74, 6) is -3.82. The van der Waals surface area contributed by atoms with Crippen molar-refractivity contribution in [1.29, 1.82) is 0 Å². The molecule has 0 aliphatic carbocycles.